The van der Waals surface area contributed by atoms with Crippen LogP contribution in [0.3, 0.4) is 0 Å². The van der Waals surface area contributed by atoms with Gasteiger partial charge in [-0.2, -0.15) is 5.10 Å². The van der Waals surface area contributed by atoms with Crippen molar-refractivity contribution < 1.29 is 16.8 Å². The van der Waals surface area contributed by atoms with Gasteiger partial charge in [0.15, 0.2) is 9.84 Å². The Bertz CT molecular complexity index is 1230. The number of aromatic nitrogens is 2. The lowest BCUT2D eigenvalue weighted by Gasteiger charge is -2.12. The molecule has 7 nitrogen and oxygen atoms in total. The van der Waals surface area contributed by atoms with Gasteiger partial charge in [0, 0.05) is 17.7 Å². The molecule has 2 atom stereocenters. The molecule has 0 unspecified atom stereocenters. The van der Waals surface area contributed by atoms with Crippen molar-refractivity contribution in [2.75, 3.05) is 6.26 Å². The summed E-state index contributed by atoms with van der Waals surface area (Å²) in [6, 6.07) is 12.8. The number of benzene rings is 1. The van der Waals surface area contributed by atoms with E-state index in [0.717, 1.165) is 29.6 Å². The Kier molecular flexibility index (Phi) is 4.49. The van der Waals surface area contributed by atoms with Gasteiger partial charge in [-0.15, -0.1) is 11.3 Å². The van der Waals surface area contributed by atoms with Crippen molar-refractivity contribution in [2.24, 2.45) is 0 Å². The zero-order valence-electron chi connectivity index (χ0n) is 15.2. The summed E-state index contributed by atoms with van der Waals surface area (Å²) in [4.78, 5) is 0.0834. The second-order valence-corrected chi connectivity index (χ2v) is 12.2. The number of hydrogen-bond acceptors (Lipinski definition) is 6. The molecule has 1 aromatic carbocycles. The largest absolute Gasteiger partial charge is 0.250 e. The van der Waals surface area contributed by atoms with Gasteiger partial charge in [-0.25, -0.2) is 26.2 Å². The third-order valence-electron chi connectivity index (χ3n) is 5.01. The van der Waals surface area contributed by atoms with Gasteiger partial charge < -0.3 is 0 Å². The van der Waals surface area contributed by atoms with Gasteiger partial charge in [-0.1, -0.05) is 37.3 Å². The van der Waals surface area contributed by atoms with Crippen LogP contribution in [0.1, 0.15) is 18.9 Å². The van der Waals surface area contributed by atoms with Gasteiger partial charge in [-0.3, -0.25) is 0 Å². The molecule has 1 fully saturated rings. The maximum absolute atomic E-state index is 12.8. The minimum absolute atomic E-state index is 0.0834. The van der Waals surface area contributed by atoms with E-state index >= 15 is 0 Å². The fourth-order valence-corrected chi connectivity index (χ4v) is 6.24. The van der Waals surface area contributed by atoms with E-state index < -0.39 is 19.9 Å². The summed E-state index contributed by atoms with van der Waals surface area (Å²) in [6.45, 7) is 2.05. The average Bonchev–Trinajstić information content (AvgIpc) is 3.08. The van der Waals surface area contributed by atoms with Crippen LogP contribution in [0.4, 0.5) is 0 Å². The molecule has 0 radical (unpaired) electrons. The number of thiophene rings is 1. The van der Waals surface area contributed by atoms with Crippen LogP contribution in [-0.4, -0.2) is 38.9 Å². The SMILES string of the molecule is C[C@]1(c2ccccc2)C[C@@H]1NS(=O)(=O)c1ccc(-n2cc(S(C)(=O)=O)cn2)s1. The Hall–Kier alpha value is -2.01. The predicted molar refractivity (Wildman–Crippen MR) is 107 cm³/mol. The van der Waals surface area contributed by atoms with Crippen LogP contribution in [0.5, 0.6) is 0 Å². The van der Waals surface area contributed by atoms with Gasteiger partial charge in [0.25, 0.3) is 0 Å². The Balaban J connectivity index is 1.53. The summed E-state index contributed by atoms with van der Waals surface area (Å²) in [5.41, 5.74) is 0.903. The summed E-state index contributed by atoms with van der Waals surface area (Å²) >= 11 is 1.04. The maximum atomic E-state index is 12.8. The minimum atomic E-state index is -3.68. The molecule has 1 saturated carbocycles. The first kappa shape index (κ1) is 19.3. The topological polar surface area (TPSA) is 98.1 Å². The molecule has 1 aliphatic rings. The van der Waals surface area contributed by atoms with Crippen LogP contribution in [0, 0.1) is 0 Å². The van der Waals surface area contributed by atoms with Crippen molar-refractivity contribution in [1.29, 1.82) is 0 Å². The molecule has 0 amide bonds. The van der Waals surface area contributed by atoms with Gasteiger partial charge in [0.2, 0.25) is 10.0 Å². The number of nitrogens with zero attached hydrogens (tertiary/aromatic N) is 2. The van der Waals surface area contributed by atoms with E-state index in [2.05, 4.69) is 9.82 Å². The molecular weight excluding hydrogens is 418 g/mol. The molecule has 2 aromatic heterocycles. The number of nitrogens with one attached hydrogen (secondary N) is 1. The highest BCUT2D eigenvalue weighted by Crippen LogP contribution is 2.48. The first-order valence-electron chi connectivity index (χ1n) is 8.52. The summed E-state index contributed by atoms with van der Waals surface area (Å²) in [5.74, 6) is 0. The molecular formula is C18H19N3O4S3. The molecule has 0 bridgehead atoms. The second-order valence-electron chi connectivity index (χ2n) is 7.15. The molecule has 0 saturated heterocycles. The predicted octanol–water partition coefficient (Wildman–Crippen LogP) is 2.35. The van der Waals surface area contributed by atoms with Crippen LogP contribution < -0.4 is 4.72 Å². The van der Waals surface area contributed by atoms with Gasteiger partial charge in [-0.05, 0) is 24.1 Å². The molecule has 148 valence electrons. The van der Waals surface area contributed by atoms with E-state index in [9.17, 15) is 16.8 Å². The molecule has 0 aliphatic heterocycles. The molecule has 3 aromatic rings. The van der Waals surface area contributed by atoms with Crippen molar-refractivity contribution in [3.05, 3.63) is 60.4 Å². The number of sulfone groups is 1. The van der Waals surface area contributed by atoms with Crippen LogP contribution >= 0.6 is 11.3 Å². The number of rotatable bonds is 6. The summed E-state index contributed by atoms with van der Waals surface area (Å²) in [5, 5.41) is 4.54. The summed E-state index contributed by atoms with van der Waals surface area (Å²) in [7, 11) is -7.04. The lowest BCUT2D eigenvalue weighted by atomic mass is 9.98. The zero-order valence-corrected chi connectivity index (χ0v) is 17.7. The first-order chi connectivity index (χ1) is 13.1. The van der Waals surface area contributed by atoms with Crippen molar-refractivity contribution >= 4 is 31.2 Å². The van der Waals surface area contributed by atoms with E-state index in [1.807, 2.05) is 37.3 Å². The molecule has 1 aliphatic carbocycles. The molecule has 28 heavy (non-hydrogen) atoms. The number of sulfonamides is 1. The Morgan fingerprint density at radius 2 is 1.86 bits per heavy atom. The van der Waals surface area contributed by atoms with Gasteiger partial charge in [0.05, 0.1) is 12.4 Å². The monoisotopic (exact) mass is 437 g/mol. The van der Waals surface area contributed by atoms with E-state index in [0.29, 0.717) is 5.00 Å². The van der Waals surface area contributed by atoms with Crippen LogP contribution in [-0.2, 0) is 25.3 Å². The second kappa shape index (κ2) is 6.51. The van der Waals surface area contributed by atoms with E-state index in [1.165, 1.54) is 23.1 Å². The average molecular weight is 438 g/mol. The molecule has 2 heterocycles. The maximum Gasteiger partial charge on any atom is 0.250 e. The molecule has 0 spiro atoms. The van der Waals surface area contributed by atoms with E-state index in [-0.39, 0.29) is 20.6 Å². The third-order valence-corrected chi connectivity index (χ3v) is 9.12. The van der Waals surface area contributed by atoms with E-state index in [1.54, 1.807) is 6.07 Å². The highest BCUT2D eigenvalue weighted by Gasteiger charge is 2.53. The first-order valence-corrected chi connectivity index (χ1v) is 12.7. The number of hydrogen-bond donors (Lipinski definition) is 1. The normalized spacial score (nSPS) is 22.3. The standard InChI is InChI=1S/C18H19N3O4S3/c1-18(13-6-4-3-5-7-13)10-15(18)20-28(24,25)17-9-8-16(26-17)21-12-14(11-19-21)27(2,22)23/h3-9,11-12,15,20H,10H2,1-2H3/t15-,18+/m0/s1. The fraction of sp³-hybridized carbons (Fsp3) is 0.278. The lowest BCUT2D eigenvalue weighted by molar-refractivity contribution is 0.576. The Labute approximate surface area is 168 Å². The smallest absolute Gasteiger partial charge is 0.229 e. The fourth-order valence-electron chi connectivity index (χ4n) is 3.12. The van der Waals surface area contributed by atoms with Crippen molar-refractivity contribution in [3.8, 4) is 5.00 Å². The Morgan fingerprint density at radius 1 is 1.14 bits per heavy atom. The van der Waals surface area contributed by atoms with Crippen LogP contribution in [0.15, 0.2) is 64.0 Å². The zero-order chi connectivity index (χ0) is 20.2. The van der Waals surface area contributed by atoms with Crippen LogP contribution in [0.25, 0.3) is 5.00 Å². The minimum Gasteiger partial charge on any atom is -0.229 e. The molecule has 10 heteroatoms. The third kappa shape index (κ3) is 3.52. The van der Waals surface area contributed by atoms with Gasteiger partial charge >= 0.3 is 0 Å². The van der Waals surface area contributed by atoms with Gasteiger partial charge in [0.1, 0.15) is 14.1 Å². The van der Waals surface area contributed by atoms with Crippen molar-refractivity contribution in [1.82, 2.24) is 14.5 Å². The van der Waals surface area contributed by atoms with E-state index in [4.69, 9.17) is 0 Å². The highest BCUT2D eigenvalue weighted by atomic mass is 32.2. The summed E-state index contributed by atoms with van der Waals surface area (Å²) < 4.78 is 53.1. The lowest BCUT2D eigenvalue weighted by Crippen LogP contribution is -2.29. The summed E-state index contributed by atoms with van der Waals surface area (Å²) in [6.07, 6.45) is 4.46. The van der Waals surface area contributed by atoms with Crippen LogP contribution in [0.2, 0.25) is 0 Å². The molecule has 4 rings (SSSR count). The Morgan fingerprint density at radius 3 is 2.50 bits per heavy atom. The van der Waals surface area contributed by atoms with Crippen molar-refractivity contribution in [3.63, 3.8) is 0 Å². The highest BCUT2D eigenvalue weighted by molar-refractivity contribution is 7.91. The van der Waals surface area contributed by atoms with Crippen molar-refractivity contribution in [2.45, 2.75) is 33.9 Å². The molecule has 1 N–H and O–H groups in total. The quantitative estimate of drug-likeness (QED) is 0.638.